The average Bonchev–Trinajstić information content (AvgIpc) is 3.27. The lowest BCUT2D eigenvalue weighted by Gasteiger charge is -2.37. The van der Waals surface area contributed by atoms with Crippen LogP contribution in [0.1, 0.15) is 60.7 Å². The van der Waals surface area contributed by atoms with Crippen molar-refractivity contribution >= 4 is 5.91 Å². The minimum Gasteiger partial charge on any atom is -0.349 e. The highest BCUT2D eigenvalue weighted by molar-refractivity contribution is 5.92. The number of benzene rings is 1. The number of carbonyl (C=O) groups is 1. The first-order valence-electron chi connectivity index (χ1n) is 11.0. The summed E-state index contributed by atoms with van der Waals surface area (Å²) in [4.78, 5) is 15.3. The molecule has 0 spiro atoms. The number of amides is 1. The zero-order chi connectivity index (χ0) is 20.1. The zero-order valence-corrected chi connectivity index (χ0v) is 17.4. The third-order valence-corrected chi connectivity index (χ3v) is 6.39. The Balaban J connectivity index is 1.40. The largest absolute Gasteiger partial charge is 0.349 e. The molecule has 2 N–H and O–H groups in total. The number of piperidine rings is 2. The summed E-state index contributed by atoms with van der Waals surface area (Å²) in [6, 6.07) is 12.9. The minimum absolute atomic E-state index is 0.0844. The van der Waals surface area contributed by atoms with Crippen LogP contribution >= 0.6 is 0 Å². The van der Waals surface area contributed by atoms with Crippen LogP contribution in [0.25, 0.3) is 0 Å². The van der Waals surface area contributed by atoms with Crippen molar-refractivity contribution in [3.63, 3.8) is 0 Å². The molecular weight excluding hydrogens is 362 g/mol. The molecule has 0 radical (unpaired) electrons. The molecule has 2 saturated heterocycles. The third-order valence-electron chi connectivity index (χ3n) is 6.39. The number of aromatic nitrogens is 2. The Hall–Kier alpha value is -2.18. The van der Waals surface area contributed by atoms with Crippen molar-refractivity contribution in [1.29, 1.82) is 0 Å². The molecule has 2 aromatic rings. The Bertz CT molecular complexity index is 776. The summed E-state index contributed by atoms with van der Waals surface area (Å²) < 4.78 is 1.95. The summed E-state index contributed by atoms with van der Waals surface area (Å²) in [7, 11) is 0. The lowest BCUT2D eigenvalue weighted by Crippen LogP contribution is -2.42. The molecule has 2 aliphatic heterocycles. The zero-order valence-electron chi connectivity index (χ0n) is 17.4. The Morgan fingerprint density at radius 1 is 1.21 bits per heavy atom. The summed E-state index contributed by atoms with van der Waals surface area (Å²) in [6.07, 6.45) is 6.64. The van der Waals surface area contributed by atoms with Gasteiger partial charge in [-0.1, -0.05) is 37.3 Å². The number of nitrogens with zero attached hydrogens (tertiary/aromatic N) is 3. The van der Waals surface area contributed by atoms with E-state index in [2.05, 4.69) is 51.8 Å². The molecule has 0 saturated carbocycles. The average molecular weight is 396 g/mol. The van der Waals surface area contributed by atoms with E-state index in [0.717, 1.165) is 44.9 Å². The first-order chi connectivity index (χ1) is 14.2. The number of nitrogens with one attached hydrogen (secondary N) is 2. The van der Waals surface area contributed by atoms with E-state index in [0.29, 0.717) is 18.3 Å². The van der Waals surface area contributed by atoms with Crippen LogP contribution in [0, 0.1) is 5.92 Å². The van der Waals surface area contributed by atoms with Crippen LogP contribution in [0.3, 0.4) is 0 Å². The maximum Gasteiger partial charge on any atom is 0.271 e. The van der Waals surface area contributed by atoms with Crippen molar-refractivity contribution in [1.82, 2.24) is 25.3 Å². The number of hydrogen-bond acceptors (Lipinski definition) is 4. The van der Waals surface area contributed by atoms with Crippen molar-refractivity contribution in [3.05, 3.63) is 53.9 Å². The van der Waals surface area contributed by atoms with Gasteiger partial charge in [-0.3, -0.25) is 14.4 Å². The molecule has 0 bridgehead atoms. The van der Waals surface area contributed by atoms with Gasteiger partial charge in [0.25, 0.3) is 5.91 Å². The summed E-state index contributed by atoms with van der Waals surface area (Å²) in [6.45, 7) is 7.09. The van der Waals surface area contributed by atoms with E-state index in [4.69, 9.17) is 0 Å². The van der Waals surface area contributed by atoms with Crippen molar-refractivity contribution in [2.75, 3.05) is 32.7 Å². The van der Waals surface area contributed by atoms with Gasteiger partial charge in [-0.05, 0) is 62.9 Å². The van der Waals surface area contributed by atoms with Crippen molar-refractivity contribution in [2.24, 2.45) is 5.92 Å². The predicted molar refractivity (Wildman–Crippen MR) is 115 cm³/mol. The normalized spacial score (nSPS) is 22.3. The van der Waals surface area contributed by atoms with Gasteiger partial charge in [0, 0.05) is 19.3 Å². The monoisotopic (exact) mass is 395 g/mol. The fraction of sp³-hybridized carbons (Fsp3) is 0.565. The molecule has 3 heterocycles. The third kappa shape index (κ3) is 5.06. The fourth-order valence-electron chi connectivity index (χ4n) is 4.47. The maximum absolute atomic E-state index is 12.8. The Kier molecular flexibility index (Phi) is 6.62. The van der Waals surface area contributed by atoms with E-state index in [1.54, 1.807) is 0 Å². The Morgan fingerprint density at radius 3 is 2.72 bits per heavy atom. The molecule has 2 atom stereocenters. The molecular formula is C23H33N5O. The van der Waals surface area contributed by atoms with E-state index < -0.39 is 0 Å². The molecule has 1 aromatic heterocycles. The van der Waals surface area contributed by atoms with E-state index in [-0.39, 0.29) is 11.9 Å². The molecule has 0 aliphatic carbocycles. The highest BCUT2D eigenvalue weighted by Gasteiger charge is 2.25. The molecule has 1 amide bonds. The van der Waals surface area contributed by atoms with Gasteiger partial charge in [0.2, 0.25) is 0 Å². The highest BCUT2D eigenvalue weighted by Crippen LogP contribution is 2.26. The quantitative estimate of drug-likeness (QED) is 0.789. The predicted octanol–water partition coefficient (Wildman–Crippen LogP) is 3.01. The van der Waals surface area contributed by atoms with E-state index >= 15 is 0 Å². The lowest BCUT2D eigenvalue weighted by molar-refractivity contribution is 0.0907. The summed E-state index contributed by atoms with van der Waals surface area (Å²) in [5.74, 6) is 0.703. The van der Waals surface area contributed by atoms with Gasteiger partial charge in [-0.2, -0.15) is 5.10 Å². The second-order valence-corrected chi connectivity index (χ2v) is 8.54. The topological polar surface area (TPSA) is 62.2 Å². The van der Waals surface area contributed by atoms with Crippen LogP contribution < -0.4 is 10.6 Å². The van der Waals surface area contributed by atoms with Gasteiger partial charge in [-0.15, -0.1) is 0 Å². The van der Waals surface area contributed by atoms with Gasteiger partial charge in [0.05, 0.1) is 12.1 Å². The van der Waals surface area contributed by atoms with Gasteiger partial charge in [-0.25, -0.2) is 0 Å². The van der Waals surface area contributed by atoms with Crippen LogP contribution in [0.2, 0.25) is 0 Å². The van der Waals surface area contributed by atoms with Crippen molar-refractivity contribution < 1.29 is 4.79 Å². The van der Waals surface area contributed by atoms with Crippen molar-refractivity contribution in [2.45, 2.75) is 44.7 Å². The molecule has 2 fully saturated rings. The maximum atomic E-state index is 12.8. The summed E-state index contributed by atoms with van der Waals surface area (Å²) in [5, 5.41) is 11.1. The second-order valence-electron chi connectivity index (χ2n) is 8.54. The van der Waals surface area contributed by atoms with Crippen LogP contribution in [-0.4, -0.2) is 53.3 Å². The number of likely N-dealkylation sites (tertiary alicyclic amines) is 1. The molecule has 2 unspecified atom stereocenters. The molecule has 4 rings (SSSR count). The fourth-order valence-corrected chi connectivity index (χ4v) is 4.47. The molecule has 29 heavy (non-hydrogen) atoms. The lowest BCUT2D eigenvalue weighted by atomic mass is 9.95. The van der Waals surface area contributed by atoms with Gasteiger partial charge in [0.1, 0.15) is 5.69 Å². The molecule has 1 aromatic carbocycles. The number of rotatable bonds is 6. The smallest absolute Gasteiger partial charge is 0.271 e. The molecule has 156 valence electrons. The van der Waals surface area contributed by atoms with Crippen LogP contribution in [0.5, 0.6) is 0 Å². The van der Waals surface area contributed by atoms with Gasteiger partial charge >= 0.3 is 0 Å². The van der Waals surface area contributed by atoms with Gasteiger partial charge in [0.15, 0.2) is 0 Å². The van der Waals surface area contributed by atoms with Crippen LogP contribution in [-0.2, 0) is 0 Å². The SMILES string of the molecule is CC1CCN(C(CNC(=O)c2ccn(C3CCCNC3)n2)c2ccccc2)CC1. The summed E-state index contributed by atoms with van der Waals surface area (Å²) >= 11 is 0. The highest BCUT2D eigenvalue weighted by atomic mass is 16.1. The van der Waals surface area contributed by atoms with Crippen molar-refractivity contribution in [3.8, 4) is 0 Å². The summed E-state index contributed by atoms with van der Waals surface area (Å²) in [5.41, 5.74) is 1.77. The molecule has 6 nitrogen and oxygen atoms in total. The standard InChI is InChI=1S/C23H33N5O/c1-18-9-13-27(14-10-18)22(19-6-3-2-4-7-19)17-25-23(29)21-11-15-28(26-21)20-8-5-12-24-16-20/h2-4,6-7,11,15,18,20,22,24H,5,8-10,12-14,16-17H2,1H3,(H,25,29). The first kappa shape index (κ1) is 20.1. The Morgan fingerprint density at radius 2 is 2.00 bits per heavy atom. The number of carbonyl (C=O) groups excluding carboxylic acids is 1. The van der Waals surface area contributed by atoms with Crippen LogP contribution in [0.15, 0.2) is 42.6 Å². The number of hydrogen-bond donors (Lipinski definition) is 2. The van der Waals surface area contributed by atoms with Crippen LogP contribution in [0.4, 0.5) is 0 Å². The first-order valence-corrected chi connectivity index (χ1v) is 11.0. The van der Waals surface area contributed by atoms with Gasteiger partial charge < -0.3 is 10.6 Å². The van der Waals surface area contributed by atoms with E-state index in [9.17, 15) is 4.79 Å². The van der Waals surface area contributed by atoms with E-state index in [1.807, 2.05) is 23.0 Å². The molecule has 6 heteroatoms. The Labute approximate surface area is 173 Å². The van der Waals surface area contributed by atoms with E-state index in [1.165, 1.54) is 18.4 Å². The minimum atomic E-state index is -0.0844. The molecule has 2 aliphatic rings. The second kappa shape index (κ2) is 9.55.